The molecule has 0 saturated carbocycles. The number of fused-ring (bicyclic) bond motifs is 1. The Kier molecular flexibility index (Phi) is 4.60. The van der Waals surface area contributed by atoms with Gasteiger partial charge in [-0.1, -0.05) is 6.07 Å². The summed E-state index contributed by atoms with van der Waals surface area (Å²) in [7, 11) is -3.96. The van der Waals surface area contributed by atoms with E-state index in [2.05, 4.69) is 8.75 Å². The minimum absolute atomic E-state index is 0.00527. The maximum Gasteiger partial charge on any atom is 0.304 e. The molecule has 0 fully saturated rings. The number of nitrogens with zero attached hydrogens (tertiary/aromatic N) is 3. The molecule has 0 amide bonds. The first-order chi connectivity index (χ1) is 11.5. The number of aliphatic carboxylic acids is 1. The molecule has 1 aromatic carbocycles. The van der Waals surface area contributed by atoms with Gasteiger partial charge in [0.1, 0.15) is 21.7 Å². The average Bonchev–Trinajstić information content (AvgIpc) is 3.21. The smallest absolute Gasteiger partial charge is 0.304 e. The highest BCUT2D eigenvalue weighted by Gasteiger charge is 2.28. The van der Waals surface area contributed by atoms with Crippen LogP contribution in [0.4, 0.5) is 0 Å². The molecule has 0 aliphatic rings. The molecule has 1 N–H and O–H groups in total. The summed E-state index contributed by atoms with van der Waals surface area (Å²) in [6, 6.07) is 7.97. The number of benzene rings is 1. The molecule has 0 radical (unpaired) electrons. The van der Waals surface area contributed by atoms with Gasteiger partial charge in [0.15, 0.2) is 0 Å². The Morgan fingerprint density at radius 3 is 2.79 bits per heavy atom. The second-order valence-corrected chi connectivity index (χ2v) is 7.38. The quantitative estimate of drug-likeness (QED) is 0.679. The lowest BCUT2D eigenvalue weighted by Crippen LogP contribution is -2.32. The van der Waals surface area contributed by atoms with Crippen LogP contribution in [0.3, 0.4) is 0 Å². The second kappa shape index (κ2) is 6.67. The largest absolute Gasteiger partial charge is 0.481 e. The first-order valence-corrected chi connectivity index (χ1v) is 9.11. The van der Waals surface area contributed by atoms with Crippen molar-refractivity contribution in [1.82, 2.24) is 13.1 Å². The Labute approximate surface area is 141 Å². The molecule has 10 heteroatoms. The van der Waals surface area contributed by atoms with Gasteiger partial charge in [-0.05, 0) is 24.3 Å². The molecule has 0 unspecified atom stereocenters. The Morgan fingerprint density at radius 1 is 1.25 bits per heavy atom. The van der Waals surface area contributed by atoms with Gasteiger partial charge in [0.05, 0.1) is 31.0 Å². The van der Waals surface area contributed by atoms with Crippen LogP contribution in [0, 0.1) is 0 Å². The number of aromatic nitrogens is 2. The summed E-state index contributed by atoms with van der Waals surface area (Å²) in [6.45, 7) is -0.233. The minimum atomic E-state index is -3.96. The van der Waals surface area contributed by atoms with E-state index in [4.69, 9.17) is 9.52 Å². The van der Waals surface area contributed by atoms with E-state index in [0.717, 1.165) is 16.0 Å². The zero-order chi connectivity index (χ0) is 17.2. The molecule has 0 atom stereocenters. The number of rotatable bonds is 7. The number of carboxylic acids is 1. The lowest BCUT2D eigenvalue weighted by Gasteiger charge is -2.20. The first-order valence-electron chi connectivity index (χ1n) is 6.94. The van der Waals surface area contributed by atoms with E-state index in [1.807, 2.05) is 0 Å². The average molecular weight is 367 g/mol. The molecule has 24 heavy (non-hydrogen) atoms. The van der Waals surface area contributed by atoms with Crippen molar-refractivity contribution >= 4 is 38.8 Å². The highest BCUT2D eigenvalue weighted by molar-refractivity contribution is 7.89. The molecule has 3 aromatic rings. The van der Waals surface area contributed by atoms with Crippen LogP contribution in [0.1, 0.15) is 12.2 Å². The van der Waals surface area contributed by atoms with Gasteiger partial charge in [0.25, 0.3) is 0 Å². The third kappa shape index (κ3) is 3.30. The minimum Gasteiger partial charge on any atom is -0.481 e. The van der Waals surface area contributed by atoms with Crippen molar-refractivity contribution in [3.05, 3.63) is 42.4 Å². The fourth-order valence-electron chi connectivity index (χ4n) is 2.21. The number of carboxylic acid groups (broad SMARTS) is 1. The summed E-state index contributed by atoms with van der Waals surface area (Å²) < 4.78 is 40.4. The zero-order valence-corrected chi connectivity index (χ0v) is 14.0. The predicted octanol–water partition coefficient (Wildman–Crippen LogP) is 1.95. The lowest BCUT2D eigenvalue weighted by molar-refractivity contribution is -0.137. The molecule has 0 spiro atoms. The van der Waals surface area contributed by atoms with Gasteiger partial charge in [0, 0.05) is 6.54 Å². The van der Waals surface area contributed by atoms with Crippen LogP contribution in [-0.2, 0) is 21.4 Å². The van der Waals surface area contributed by atoms with E-state index < -0.39 is 16.0 Å². The molecular formula is C14H13N3O5S2. The highest BCUT2D eigenvalue weighted by Crippen LogP contribution is 2.25. The monoisotopic (exact) mass is 367 g/mol. The summed E-state index contributed by atoms with van der Waals surface area (Å²) in [5.74, 6) is -0.657. The predicted molar refractivity (Wildman–Crippen MR) is 86.0 cm³/mol. The molecule has 0 aliphatic carbocycles. The number of hydrogen-bond donors (Lipinski definition) is 1. The number of hydrogen-bond acceptors (Lipinski definition) is 7. The Hall–Kier alpha value is -2.30. The van der Waals surface area contributed by atoms with Crippen LogP contribution < -0.4 is 0 Å². The zero-order valence-electron chi connectivity index (χ0n) is 12.3. The molecule has 2 aromatic heterocycles. The summed E-state index contributed by atoms with van der Waals surface area (Å²) >= 11 is 0.923. The topological polar surface area (TPSA) is 114 Å². The summed E-state index contributed by atoms with van der Waals surface area (Å²) in [5.41, 5.74) is 0.763. The van der Waals surface area contributed by atoms with Gasteiger partial charge in [-0.2, -0.15) is 13.1 Å². The molecule has 0 bridgehead atoms. The standard InChI is InChI=1S/C14H13N3O5S2/c18-13(19)6-7-17(9-10-3-2-8-22-10)24(20,21)12-5-1-4-11-14(12)16-23-15-11/h1-5,8H,6-7,9H2,(H,18,19). The van der Waals surface area contributed by atoms with Crippen molar-refractivity contribution in [2.75, 3.05) is 6.54 Å². The van der Waals surface area contributed by atoms with Crippen molar-refractivity contribution < 1.29 is 22.7 Å². The fraction of sp³-hybridized carbons (Fsp3) is 0.214. The Bertz CT molecular complexity index is 950. The molecule has 3 rings (SSSR count). The van der Waals surface area contributed by atoms with Gasteiger partial charge in [-0.3, -0.25) is 4.79 Å². The van der Waals surface area contributed by atoms with Gasteiger partial charge in [-0.15, -0.1) is 0 Å². The highest BCUT2D eigenvalue weighted by atomic mass is 32.2. The molecule has 126 valence electrons. The third-order valence-corrected chi connectivity index (χ3v) is 5.77. The molecule has 0 aliphatic heterocycles. The van der Waals surface area contributed by atoms with Crippen molar-refractivity contribution in [1.29, 1.82) is 0 Å². The second-order valence-electron chi connectivity index (χ2n) is 4.95. The Morgan fingerprint density at radius 2 is 2.08 bits per heavy atom. The van der Waals surface area contributed by atoms with Crippen molar-refractivity contribution in [3.8, 4) is 0 Å². The fourth-order valence-corrected chi connectivity index (χ4v) is 4.37. The Balaban J connectivity index is 2.00. The van der Waals surface area contributed by atoms with Crippen LogP contribution in [0.25, 0.3) is 11.0 Å². The maximum absolute atomic E-state index is 13.0. The third-order valence-electron chi connectivity index (χ3n) is 3.35. The van der Waals surface area contributed by atoms with E-state index in [1.54, 1.807) is 24.3 Å². The van der Waals surface area contributed by atoms with E-state index >= 15 is 0 Å². The van der Waals surface area contributed by atoms with E-state index in [0.29, 0.717) is 11.3 Å². The molecule has 2 heterocycles. The summed E-state index contributed by atoms with van der Waals surface area (Å²) in [6.07, 6.45) is 1.12. The lowest BCUT2D eigenvalue weighted by atomic mass is 10.3. The van der Waals surface area contributed by atoms with Crippen molar-refractivity contribution in [3.63, 3.8) is 0 Å². The normalized spacial score (nSPS) is 12.0. The summed E-state index contributed by atoms with van der Waals surface area (Å²) in [5, 5.41) is 8.90. The van der Waals surface area contributed by atoms with Crippen molar-refractivity contribution in [2.45, 2.75) is 17.9 Å². The van der Waals surface area contributed by atoms with Crippen LogP contribution in [0.15, 0.2) is 45.9 Å². The summed E-state index contributed by atoms with van der Waals surface area (Å²) in [4.78, 5) is 10.9. The van der Waals surface area contributed by atoms with E-state index in [1.165, 1.54) is 12.3 Å². The maximum atomic E-state index is 13.0. The number of sulfonamides is 1. The van der Waals surface area contributed by atoms with Crippen LogP contribution >= 0.6 is 11.7 Å². The van der Waals surface area contributed by atoms with Crippen LogP contribution in [0.5, 0.6) is 0 Å². The number of carbonyl (C=O) groups is 1. The molecule has 0 saturated heterocycles. The number of furan rings is 1. The van der Waals surface area contributed by atoms with Gasteiger partial charge < -0.3 is 9.52 Å². The van der Waals surface area contributed by atoms with E-state index in [9.17, 15) is 13.2 Å². The van der Waals surface area contributed by atoms with Gasteiger partial charge in [-0.25, -0.2) is 8.42 Å². The van der Waals surface area contributed by atoms with E-state index in [-0.39, 0.29) is 29.9 Å². The van der Waals surface area contributed by atoms with Crippen molar-refractivity contribution in [2.24, 2.45) is 0 Å². The first kappa shape index (κ1) is 16.6. The van der Waals surface area contributed by atoms with Crippen LogP contribution in [-0.4, -0.2) is 39.1 Å². The van der Waals surface area contributed by atoms with Gasteiger partial charge >= 0.3 is 5.97 Å². The van der Waals surface area contributed by atoms with Gasteiger partial charge in [0.2, 0.25) is 10.0 Å². The molecular weight excluding hydrogens is 354 g/mol. The van der Waals surface area contributed by atoms with Crippen LogP contribution in [0.2, 0.25) is 0 Å². The molecule has 8 nitrogen and oxygen atoms in total. The SMILES string of the molecule is O=C(O)CCN(Cc1ccco1)S(=O)(=O)c1cccc2nsnc12.